The molecule has 1 atom stereocenters. The third kappa shape index (κ3) is 4.25. The number of aliphatic hydroxyl groups is 1. The molecule has 0 saturated carbocycles. The first-order valence-electron chi connectivity index (χ1n) is 5.06. The summed E-state index contributed by atoms with van der Waals surface area (Å²) >= 11 is 0. The minimum atomic E-state index is -1.76. The maximum absolute atomic E-state index is 9.56. The number of rotatable bonds is 4. The van der Waals surface area contributed by atoms with Crippen LogP contribution < -0.4 is 0 Å². The quantitative estimate of drug-likeness (QED) is 0.563. The van der Waals surface area contributed by atoms with Crippen LogP contribution >= 0.6 is 0 Å². The van der Waals surface area contributed by atoms with E-state index >= 15 is 0 Å². The van der Waals surface area contributed by atoms with Gasteiger partial charge >= 0.3 is 0 Å². The van der Waals surface area contributed by atoms with Crippen molar-refractivity contribution in [3.63, 3.8) is 0 Å². The lowest BCUT2D eigenvalue weighted by molar-refractivity contribution is -0.0340. The van der Waals surface area contributed by atoms with Gasteiger partial charge in [0.2, 0.25) is 0 Å². The first-order valence-corrected chi connectivity index (χ1v) is 7.97. The van der Waals surface area contributed by atoms with Crippen molar-refractivity contribution in [2.24, 2.45) is 0 Å². The minimum absolute atomic E-state index is 0.182. The van der Waals surface area contributed by atoms with Crippen molar-refractivity contribution in [2.45, 2.75) is 65.0 Å². The van der Waals surface area contributed by atoms with E-state index in [9.17, 15) is 5.11 Å². The Bertz CT molecular complexity index is 149. The van der Waals surface area contributed by atoms with Crippen molar-refractivity contribution in [2.75, 3.05) is 0 Å². The van der Waals surface area contributed by atoms with Crippen LogP contribution in [-0.2, 0) is 4.43 Å². The second-order valence-corrected chi connectivity index (χ2v) is 9.88. The monoisotopic (exact) mass is 204 g/mol. The highest BCUT2D eigenvalue weighted by atomic mass is 28.4. The standard InChI is InChI=1S/C10H24O2Si/c1-7-8-9(11)12-13(5,6)10(2,3)4/h9,11H,7-8H2,1-6H3/t9-/m0/s1. The van der Waals surface area contributed by atoms with Gasteiger partial charge in [-0.15, -0.1) is 0 Å². The molecule has 1 N–H and O–H groups in total. The Morgan fingerprint density at radius 2 is 1.77 bits per heavy atom. The van der Waals surface area contributed by atoms with Gasteiger partial charge < -0.3 is 9.53 Å². The molecule has 0 aromatic rings. The molecule has 0 fully saturated rings. The van der Waals surface area contributed by atoms with Crippen molar-refractivity contribution >= 4 is 8.32 Å². The van der Waals surface area contributed by atoms with E-state index in [1.807, 2.05) is 0 Å². The summed E-state index contributed by atoms with van der Waals surface area (Å²) < 4.78 is 5.74. The Morgan fingerprint density at radius 1 is 1.31 bits per heavy atom. The van der Waals surface area contributed by atoms with Gasteiger partial charge in [0.15, 0.2) is 8.32 Å². The van der Waals surface area contributed by atoms with Gasteiger partial charge in [-0.1, -0.05) is 34.1 Å². The minimum Gasteiger partial charge on any atom is -0.392 e. The van der Waals surface area contributed by atoms with Gasteiger partial charge in [-0.05, 0) is 24.6 Å². The number of aliphatic hydroxyl groups excluding tert-OH is 1. The van der Waals surface area contributed by atoms with Crippen LogP contribution in [0.25, 0.3) is 0 Å². The molecule has 0 spiro atoms. The summed E-state index contributed by atoms with van der Waals surface area (Å²) in [4.78, 5) is 0. The molecular formula is C10H24O2Si. The molecule has 0 aromatic carbocycles. The first-order chi connectivity index (χ1) is 5.70. The molecule has 0 bridgehead atoms. The summed E-state index contributed by atoms with van der Waals surface area (Å²) in [6, 6.07) is 0. The van der Waals surface area contributed by atoms with Crippen molar-refractivity contribution in [1.82, 2.24) is 0 Å². The molecule has 0 heterocycles. The Labute approximate surface area is 83.4 Å². The third-order valence-corrected chi connectivity index (χ3v) is 7.25. The van der Waals surface area contributed by atoms with Crippen molar-refractivity contribution < 1.29 is 9.53 Å². The number of hydrogen-bond donors (Lipinski definition) is 1. The van der Waals surface area contributed by atoms with Gasteiger partial charge in [0.25, 0.3) is 0 Å². The van der Waals surface area contributed by atoms with Gasteiger partial charge in [-0.25, -0.2) is 0 Å². The van der Waals surface area contributed by atoms with Crippen LogP contribution in [0.3, 0.4) is 0 Å². The molecule has 0 rings (SSSR count). The predicted octanol–water partition coefficient (Wildman–Crippen LogP) is 3.13. The molecule has 0 amide bonds. The normalized spacial score (nSPS) is 15.9. The zero-order valence-corrected chi connectivity index (χ0v) is 10.8. The predicted molar refractivity (Wildman–Crippen MR) is 59.2 cm³/mol. The second-order valence-electron chi connectivity index (χ2n) is 5.12. The lowest BCUT2D eigenvalue weighted by Gasteiger charge is -2.37. The van der Waals surface area contributed by atoms with Crippen LogP contribution in [-0.4, -0.2) is 19.7 Å². The van der Waals surface area contributed by atoms with Crippen LogP contribution in [0, 0.1) is 0 Å². The SMILES string of the molecule is CCC[C@@H](O)O[Si](C)(C)C(C)(C)C. The molecule has 0 aliphatic carbocycles. The van der Waals surface area contributed by atoms with E-state index in [4.69, 9.17) is 4.43 Å². The molecule has 3 heteroatoms. The average Bonchev–Trinajstić information content (AvgIpc) is 1.83. The van der Waals surface area contributed by atoms with Crippen LogP contribution in [0.15, 0.2) is 0 Å². The van der Waals surface area contributed by atoms with E-state index in [1.54, 1.807) is 0 Å². The van der Waals surface area contributed by atoms with Crippen molar-refractivity contribution in [3.8, 4) is 0 Å². The fourth-order valence-corrected chi connectivity index (χ4v) is 1.97. The lowest BCUT2D eigenvalue weighted by Crippen LogP contribution is -2.43. The maximum atomic E-state index is 9.56. The van der Waals surface area contributed by atoms with Gasteiger partial charge in [0, 0.05) is 0 Å². The highest BCUT2D eigenvalue weighted by Crippen LogP contribution is 2.37. The third-order valence-electron chi connectivity index (χ3n) is 2.77. The summed E-state index contributed by atoms with van der Waals surface area (Å²) in [6.07, 6.45) is 1.15. The van der Waals surface area contributed by atoms with Gasteiger partial charge in [0.1, 0.15) is 6.29 Å². The maximum Gasteiger partial charge on any atom is 0.195 e. The van der Waals surface area contributed by atoms with Crippen LogP contribution in [0.4, 0.5) is 0 Å². The Balaban J connectivity index is 4.17. The smallest absolute Gasteiger partial charge is 0.195 e. The summed E-state index contributed by atoms with van der Waals surface area (Å²) in [7, 11) is -1.76. The Kier molecular flexibility index (Phi) is 4.62. The van der Waals surface area contributed by atoms with E-state index in [2.05, 4.69) is 40.8 Å². The zero-order valence-electron chi connectivity index (χ0n) is 9.85. The fourth-order valence-electron chi connectivity index (χ4n) is 0.823. The molecule has 2 nitrogen and oxygen atoms in total. The van der Waals surface area contributed by atoms with E-state index in [-0.39, 0.29) is 5.04 Å². The van der Waals surface area contributed by atoms with E-state index in [1.165, 1.54) is 0 Å². The first kappa shape index (κ1) is 13.1. The molecule has 13 heavy (non-hydrogen) atoms. The summed E-state index contributed by atoms with van der Waals surface area (Å²) in [6.45, 7) is 12.9. The molecule has 0 saturated heterocycles. The molecule has 0 aliphatic heterocycles. The van der Waals surface area contributed by atoms with Gasteiger partial charge in [-0.2, -0.15) is 0 Å². The largest absolute Gasteiger partial charge is 0.392 e. The number of hydrogen-bond acceptors (Lipinski definition) is 2. The second kappa shape index (κ2) is 4.58. The molecule has 0 aliphatic rings. The van der Waals surface area contributed by atoms with Gasteiger partial charge in [0.05, 0.1) is 0 Å². The van der Waals surface area contributed by atoms with Gasteiger partial charge in [-0.3, -0.25) is 0 Å². The van der Waals surface area contributed by atoms with Crippen molar-refractivity contribution in [3.05, 3.63) is 0 Å². The molecule has 0 radical (unpaired) electrons. The fraction of sp³-hybridized carbons (Fsp3) is 1.00. The summed E-state index contributed by atoms with van der Waals surface area (Å²) in [5, 5.41) is 9.74. The van der Waals surface area contributed by atoms with E-state index in [0.717, 1.165) is 12.8 Å². The topological polar surface area (TPSA) is 29.5 Å². The van der Waals surface area contributed by atoms with E-state index in [0.29, 0.717) is 0 Å². The van der Waals surface area contributed by atoms with Crippen molar-refractivity contribution in [1.29, 1.82) is 0 Å². The zero-order chi connectivity index (χ0) is 10.7. The average molecular weight is 204 g/mol. The highest BCUT2D eigenvalue weighted by Gasteiger charge is 2.38. The Morgan fingerprint density at radius 3 is 2.08 bits per heavy atom. The molecule has 0 unspecified atom stereocenters. The van der Waals surface area contributed by atoms with Crippen LogP contribution in [0.2, 0.25) is 18.1 Å². The highest BCUT2D eigenvalue weighted by molar-refractivity contribution is 6.74. The molecular weight excluding hydrogens is 180 g/mol. The summed E-state index contributed by atoms with van der Waals surface area (Å²) in [5.74, 6) is 0. The van der Waals surface area contributed by atoms with E-state index < -0.39 is 14.6 Å². The van der Waals surface area contributed by atoms with Crippen LogP contribution in [0.1, 0.15) is 40.5 Å². The molecule has 0 aromatic heterocycles. The lowest BCUT2D eigenvalue weighted by atomic mass is 10.2. The van der Waals surface area contributed by atoms with Crippen LogP contribution in [0.5, 0.6) is 0 Å². The Hall–Kier alpha value is 0.137. The molecule has 80 valence electrons. The summed E-state index contributed by atoms with van der Waals surface area (Å²) in [5.41, 5.74) is 0.